The predicted octanol–water partition coefficient (Wildman–Crippen LogP) is 1.55. The number of rotatable bonds is 7. The molecule has 0 saturated carbocycles. The summed E-state index contributed by atoms with van der Waals surface area (Å²) in [5, 5.41) is 21.3. The summed E-state index contributed by atoms with van der Waals surface area (Å²) < 4.78 is 1.84. The molecule has 0 unspecified atom stereocenters. The highest BCUT2D eigenvalue weighted by atomic mass is 16.4. The fourth-order valence-electron chi connectivity index (χ4n) is 3.11. The number of hydrogen-bond donors (Lipinski definition) is 1. The monoisotopic (exact) mass is 295 g/mol. The van der Waals surface area contributed by atoms with E-state index in [1.165, 1.54) is 0 Å². The van der Waals surface area contributed by atoms with E-state index in [1.807, 2.05) is 4.68 Å². The molecule has 21 heavy (non-hydrogen) atoms. The number of carbonyl (C=O) groups is 1. The van der Waals surface area contributed by atoms with Gasteiger partial charge in [0, 0.05) is 6.54 Å². The Hall–Kier alpha value is -1.50. The van der Waals surface area contributed by atoms with Gasteiger partial charge in [-0.3, -0.25) is 9.69 Å². The third-order valence-electron chi connectivity index (χ3n) is 4.40. The number of likely N-dealkylation sites (tertiary alicyclic amines) is 1. The van der Waals surface area contributed by atoms with Crippen LogP contribution in [0.3, 0.4) is 0 Å². The normalized spacial score (nSPS) is 18.8. The average molecular weight is 295 g/mol. The van der Waals surface area contributed by atoms with E-state index in [9.17, 15) is 9.90 Å². The van der Waals surface area contributed by atoms with Gasteiger partial charge in [-0.2, -0.15) is 0 Å². The van der Waals surface area contributed by atoms with E-state index >= 15 is 0 Å². The van der Waals surface area contributed by atoms with E-state index < -0.39 is 11.4 Å². The van der Waals surface area contributed by atoms with Gasteiger partial charge in [-0.05, 0) is 49.2 Å². The fourth-order valence-corrected chi connectivity index (χ4v) is 3.11. The lowest BCUT2D eigenvalue weighted by molar-refractivity contribution is -0.152. The summed E-state index contributed by atoms with van der Waals surface area (Å²) >= 11 is 0. The first-order chi connectivity index (χ1) is 10.1. The van der Waals surface area contributed by atoms with E-state index in [0.29, 0.717) is 19.4 Å². The molecule has 7 heteroatoms. The van der Waals surface area contributed by atoms with Gasteiger partial charge in [0.2, 0.25) is 0 Å². The number of aliphatic carboxylic acids is 1. The molecule has 1 N–H and O–H groups in total. The molecule has 2 heterocycles. The second-order valence-electron chi connectivity index (χ2n) is 5.93. The summed E-state index contributed by atoms with van der Waals surface area (Å²) in [5.74, 6) is 0.231. The number of carboxylic acids is 1. The molecule has 0 amide bonds. The molecule has 1 aliphatic heterocycles. The van der Waals surface area contributed by atoms with Gasteiger partial charge in [-0.1, -0.05) is 20.3 Å². The van der Waals surface area contributed by atoms with Gasteiger partial charge < -0.3 is 5.11 Å². The Morgan fingerprint density at radius 1 is 1.29 bits per heavy atom. The van der Waals surface area contributed by atoms with Crippen LogP contribution in [0.5, 0.6) is 0 Å². The number of nitrogens with zero attached hydrogens (tertiary/aromatic N) is 5. The zero-order valence-electron chi connectivity index (χ0n) is 13.0. The maximum absolute atomic E-state index is 11.6. The van der Waals surface area contributed by atoms with Crippen LogP contribution in [0.2, 0.25) is 0 Å². The van der Waals surface area contributed by atoms with Crippen LogP contribution in [0.15, 0.2) is 0 Å². The van der Waals surface area contributed by atoms with Gasteiger partial charge in [0.05, 0.1) is 12.0 Å². The molecule has 0 bridgehead atoms. The number of hydrogen-bond acceptors (Lipinski definition) is 5. The molecule has 1 fully saturated rings. The van der Waals surface area contributed by atoms with E-state index in [4.69, 9.17) is 0 Å². The molecule has 0 spiro atoms. The first-order valence-corrected chi connectivity index (χ1v) is 7.82. The largest absolute Gasteiger partial charge is 0.481 e. The summed E-state index contributed by atoms with van der Waals surface area (Å²) in [5.41, 5.74) is -0.527. The van der Waals surface area contributed by atoms with Crippen molar-refractivity contribution in [2.24, 2.45) is 5.41 Å². The maximum atomic E-state index is 11.6. The lowest BCUT2D eigenvalue weighted by Crippen LogP contribution is -2.44. The highest BCUT2D eigenvalue weighted by Crippen LogP contribution is 2.36. The minimum Gasteiger partial charge on any atom is -0.481 e. The number of tetrazole rings is 1. The minimum atomic E-state index is -0.639. The van der Waals surface area contributed by atoms with Gasteiger partial charge in [0.25, 0.3) is 0 Å². The molecule has 0 aromatic carbocycles. The van der Waals surface area contributed by atoms with Crippen molar-refractivity contribution in [3.8, 4) is 0 Å². The Morgan fingerprint density at radius 2 is 2.00 bits per heavy atom. The molecular weight excluding hydrogens is 270 g/mol. The van der Waals surface area contributed by atoms with Crippen molar-refractivity contribution in [2.75, 3.05) is 13.1 Å². The molecule has 0 aliphatic carbocycles. The molecule has 1 aromatic heterocycles. The minimum absolute atomic E-state index is 0.527. The van der Waals surface area contributed by atoms with Crippen LogP contribution >= 0.6 is 0 Å². The van der Waals surface area contributed by atoms with E-state index in [-0.39, 0.29) is 0 Å². The third-order valence-corrected chi connectivity index (χ3v) is 4.40. The molecule has 1 aromatic rings. The first kappa shape index (κ1) is 15.9. The molecule has 118 valence electrons. The number of piperidine rings is 1. The average Bonchev–Trinajstić information content (AvgIpc) is 2.89. The Kier molecular flexibility index (Phi) is 5.27. The molecule has 0 atom stereocenters. The van der Waals surface area contributed by atoms with Crippen molar-refractivity contribution in [3.63, 3.8) is 0 Å². The predicted molar refractivity (Wildman–Crippen MR) is 77.6 cm³/mol. The lowest BCUT2D eigenvalue weighted by Gasteiger charge is -2.38. The number of aryl methyl sites for hydroxylation is 1. The summed E-state index contributed by atoms with van der Waals surface area (Å²) in [6.45, 7) is 7.27. The van der Waals surface area contributed by atoms with Crippen molar-refractivity contribution >= 4 is 5.97 Å². The van der Waals surface area contributed by atoms with E-state index in [1.54, 1.807) is 0 Å². The Balaban J connectivity index is 1.94. The highest BCUT2D eigenvalue weighted by Gasteiger charge is 2.40. The van der Waals surface area contributed by atoms with Crippen LogP contribution in [-0.4, -0.2) is 49.3 Å². The Morgan fingerprint density at radius 3 is 2.57 bits per heavy atom. The molecule has 7 nitrogen and oxygen atoms in total. The summed E-state index contributed by atoms with van der Waals surface area (Å²) in [6.07, 6.45) is 4.11. The topological polar surface area (TPSA) is 84.1 Å². The van der Waals surface area contributed by atoms with Crippen molar-refractivity contribution in [1.29, 1.82) is 0 Å². The van der Waals surface area contributed by atoms with E-state index in [2.05, 4.69) is 34.3 Å². The van der Waals surface area contributed by atoms with Crippen LogP contribution in [0, 0.1) is 5.41 Å². The fraction of sp³-hybridized carbons (Fsp3) is 0.857. The van der Waals surface area contributed by atoms with Crippen molar-refractivity contribution in [2.45, 2.75) is 59.0 Å². The summed E-state index contributed by atoms with van der Waals surface area (Å²) in [7, 11) is 0. The van der Waals surface area contributed by atoms with Gasteiger partial charge in [-0.25, -0.2) is 4.68 Å². The third kappa shape index (κ3) is 3.58. The standard InChI is InChI=1S/C14H25N5O2/c1-3-5-14(13(20)21)6-9-18(10-7-14)11-12-15-16-17-19(12)8-4-2/h3-11H2,1-2H3,(H,20,21). The van der Waals surface area contributed by atoms with Crippen LogP contribution in [0.1, 0.15) is 51.8 Å². The van der Waals surface area contributed by atoms with Gasteiger partial charge in [0.15, 0.2) is 5.82 Å². The number of carboxylic acid groups (broad SMARTS) is 1. The van der Waals surface area contributed by atoms with Crippen LogP contribution in [-0.2, 0) is 17.9 Å². The zero-order chi connectivity index (χ0) is 15.3. The van der Waals surface area contributed by atoms with Crippen LogP contribution < -0.4 is 0 Å². The number of aromatic nitrogens is 4. The first-order valence-electron chi connectivity index (χ1n) is 7.82. The van der Waals surface area contributed by atoms with Gasteiger partial charge in [0.1, 0.15) is 0 Å². The van der Waals surface area contributed by atoms with Gasteiger partial charge in [-0.15, -0.1) is 5.10 Å². The second-order valence-corrected chi connectivity index (χ2v) is 5.93. The molecule has 1 aliphatic rings. The summed E-state index contributed by atoms with van der Waals surface area (Å²) in [4.78, 5) is 13.8. The smallest absolute Gasteiger partial charge is 0.309 e. The molecule has 0 radical (unpaired) electrons. The molecule has 2 rings (SSSR count). The van der Waals surface area contributed by atoms with Crippen LogP contribution in [0.25, 0.3) is 0 Å². The SMILES string of the molecule is CCCn1nnnc1CN1CCC(CCC)(C(=O)O)CC1. The zero-order valence-corrected chi connectivity index (χ0v) is 13.0. The van der Waals surface area contributed by atoms with Crippen molar-refractivity contribution in [1.82, 2.24) is 25.1 Å². The maximum Gasteiger partial charge on any atom is 0.309 e. The lowest BCUT2D eigenvalue weighted by atomic mass is 9.75. The second kappa shape index (κ2) is 6.98. The molecular formula is C14H25N5O2. The molecule has 1 saturated heterocycles. The Labute approximate surface area is 125 Å². The van der Waals surface area contributed by atoms with Crippen molar-refractivity contribution in [3.05, 3.63) is 5.82 Å². The quantitative estimate of drug-likeness (QED) is 0.821. The van der Waals surface area contributed by atoms with E-state index in [0.717, 1.165) is 44.7 Å². The van der Waals surface area contributed by atoms with Crippen molar-refractivity contribution < 1.29 is 9.90 Å². The van der Waals surface area contributed by atoms with Gasteiger partial charge >= 0.3 is 5.97 Å². The Bertz CT molecular complexity index is 466. The highest BCUT2D eigenvalue weighted by molar-refractivity contribution is 5.74. The summed E-state index contributed by atoms with van der Waals surface area (Å²) in [6, 6.07) is 0. The van der Waals surface area contributed by atoms with Crippen LogP contribution in [0.4, 0.5) is 0 Å².